The molecule has 0 radical (unpaired) electrons. The number of ether oxygens (including phenoxy) is 1. The number of para-hydroxylation sites is 2. The molecule has 0 aromatic heterocycles. The van der Waals surface area contributed by atoms with E-state index in [-0.39, 0.29) is 6.10 Å². The first-order chi connectivity index (χ1) is 9.31. The van der Waals surface area contributed by atoms with Crippen LogP contribution in [0.4, 0.5) is 0 Å². The molecule has 0 saturated heterocycles. The van der Waals surface area contributed by atoms with E-state index in [1.807, 2.05) is 48.5 Å². The highest BCUT2D eigenvalue weighted by molar-refractivity contribution is 5.35. The summed E-state index contributed by atoms with van der Waals surface area (Å²) >= 11 is 0. The quantitative estimate of drug-likeness (QED) is 0.811. The molecule has 0 fully saturated rings. The van der Waals surface area contributed by atoms with E-state index in [0.29, 0.717) is 5.75 Å². The monoisotopic (exact) mass is 256 g/mol. The molecule has 19 heavy (non-hydrogen) atoms. The predicted octanol–water partition coefficient (Wildman–Crippen LogP) is 4.70. The lowest BCUT2D eigenvalue weighted by Crippen LogP contribution is -2.08. The Labute approximate surface area is 114 Å². The Morgan fingerprint density at radius 2 is 1.68 bits per heavy atom. The van der Waals surface area contributed by atoms with Crippen molar-refractivity contribution in [1.82, 2.24) is 0 Å². The molecule has 1 atom stereocenters. The molecule has 2 rings (SSSR count). The predicted molar refractivity (Wildman–Crippen MR) is 77.4 cm³/mol. The van der Waals surface area contributed by atoms with Crippen molar-refractivity contribution in [1.29, 1.82) is 0 Å². The van der Waals surface area contributed by atoms with E-state index < -0.39 is 0 Å². The van der Waals surface area contributed by atoms with Gasteiger partial charge in [0.15, 0.2) is 0 Å². The maximum absolute atomic E-state index is 9.98. The zero-order chi connectivity index (χ0) is 13.5. The minimum atomic E-state index is -0.0939. The van der Waals surface area contributed by atoms with Gasteiger partial charge in [0.05, 0.1) is 0 Å². The number of hydrogen-bond acceptors (Lipinski definition) is 2. The Hall–Kier alpha value is -1.96. The van der Waals surface area contributed by atoms with Crippen LogP contribution in [-0.4, -0.2) is 5.11 Å². The third-order valence-electron chi connectivity index (χ3n) is 3.13. The van der Waals surface area contributed by atoms with Crippen LogP contribution in [0.25, 0.3) is 0 Å². The van der Waals surface area contributed by atoms with Gasteiger partial charge in [0, 0.05) is 5.56 Å². The first kappa shape index (κ1) is 13.5. The second-order valence-electron chi connectivity index (χ2n) is 4.62. The van der Waals surface area contributed by atoms with Crippen LogP contribution in [0.1, 0.15) is 37.9 Å². The van der Waals surface area contributed by atoms with E-state index in [9.17, 15) is 5.11 Å². The summed E-state index contributed by atoms with van der Waals surface area (Å²) < 4.78 is 6.02. The molecule has 0 aliphatic heterocycles. The number of rotatable bonds is 6. The van der Waals surface area contributed by atoms with E-state index in [1.165, 1.54) is 0 Å². The van der Waals surface area contributed by atoms with Gasteiger partial charge in [-0.1, -0.05) is 49.7 Å². The van der Waals surface area contributed by atoms with Crippen molar-refractivity contribution >= 4 is 0 Å². The minimum Gasteiger partial charge on any atom is -0.508 e. The van der Waals surface area contributed by atoms with Gasteiger partial charge in [-0.05, 0) is 31.0 Å². The Morgan fingerprint density at radius 1 is 1.00 bits per heavy atom. The number of aromatic hydroxyl groups is 1. The fourth-order valence-electron chi connectivity index (χ4n) is 2.09. The summed E-state index contributed by atoms with van der Waals surface area (Å²) in [6.07, 6.45) is 3.00. The highest BCUT2D eigenvalue weighted by atomic mass is 16.5. The number of hydrogen-bond donors (Lipinski definition) is 1. The number of benzene rings is 2. The topological polar surface area (TPSA) is 29.5 Å². The van der Waals surface area contributed by atoms with E-state index >= 15 is 0 Å². The normalized spacial score (nSPS) is 12.1. The van der Waals surface area contributed by atoms with Crippen molar-refractivity contribution in [2.75, 3.05) is 0 Å². The average Bonchev–Trinajstić information content (AvgIpc) is 2.45. The molecule has 0 aliphatic rings. The molecular weight excluding hydrogens is 236 g/mol. The molecule has 0 aliphatic carbocycles. The molecule has 1 unspecified atom stereocenters. The molecule has 2 nitrogen and oxygen atoms in total. The first-order valence-corrected chi connectivity index (χ1v) is 6.81. The number of phenolic OH excluding ortho intramolecular Hbond substituents is 1. The fourth-order valence-corrected chi connectivity index (χ4v) is 2.09. The van der Waals surface area contributed by atoms with Gasteiger partial charge in [-0.2, -0.15) is 0 Å². The van der Waals surface area contributed by atoms with Crippen LogP contribution in [0, 0.1) is 0 Å². The summed E-state index contributed by atoms with van der Waals surface area (Å²) in [6, 6.07) is 17.2. The molecule has 2 aromatic rings. The van der Waals surface area contributed by atoms with Crippen molar-refractivity contribution in [2.45, 2.75) is 32.3 Å². The molecule has 0 saturated carbocycles. The Bertz CT molecular complexity index is 494. The first-order valence-electron chi connectivity index (χ1n) is 6.81. The molecule has 0 amide bonds. The summed E-state index contributed by atoms with van der Waals surface area (Å²) in [6.45, 7) is 2.16. The Balaban J connectivity index is 2.19. The zero-order valence-corrected chi connectivity index (χ0v) is 11.3. The molecule has 2 heteroatoms. The second-order valence-corrected chi connectivity index (χ2v) is 4.62. The lowest BCUT2D eigenvalue weighted by atomic mass is 10.0. The van der Waals surface area contributed by atoms with Gasteiger partial charge in [0.1, 0.15) is 17.6 Å². The van der Waals surface area contributed by atoms with Crippen LogP contribution in [0.5, 0.6) is 11.5 Å². The second kappa shape index (κ2) is 6.83. The Morgan fingerprint density at radius 3 is 2.37 bits per heavy atom. The van der Waals surface area contributed by atoms with E-state index in [4.69, 9.17) is 4.74 Å². The molecule has 0 spiro atoms. The van der Waals surface area contributed by atoms with Crippen molar-refractivity contribution in [2.24, 2.45) is 0 Å². The van der Waals surface area contributed by atoms with Gasteiger partial charge >= 0.3 is 0 Å². The molecule has 0 heterocycles. The number of phenols is 1. The molecular formula is C17H20O2. The lowest BCUT2D eigenvalue weighted by molar-refractivity contribution is 0.187. The van der Waals surface area contributed by atoms with Crippen LogP contribution in [0.3, 0.4) is 0 Å². The highest BCUT2D eigenvalue weighted by Crippen LogP contribution is 2.31. The van der Waals surface area contributed by atoms with Gasteiger partial charge in [-0.3, -0.25) is 0 Å². The molecule has 0 bridgehead atoms. The summed E-state index contributed by atoms with van der Waals surface area (Å²) in [7, 11) is 0. The average molecular weight is 256 g/mol. The maximum atomic E-state index is 9.98. The summed E-state index contributed by atoms with van der Waals surface area (Å²) in [5.41, 5.74) is 0.861. The summed E-state index contributed by atoms with van der Waals surface area (Å²) in [5.74, 6) is 1.14. The third kappa shape index (κ3) is 3.75. The minimum absolute atomic E-state index is 0.0939. The standard InChI is InChI=1S/C17H20O2/c1-2-3-13-17(15-11-7-8-12-16(15)18)19-14-9-5-4-6-10-14/h4-12,17-18H,2-3,13H2,1H3. The van der Waals surface area contributed by atoms with E-state index in [1.54, 1.807) is 6.07 Å². The van der Waals surface area contributed by atoms with Gasteiger partial charge in [0.2, 0.25) is 0 Å². The largest absolute Gasteiger partial charge is 0.508 e. The third-order valence-corrected chi connectivity index (χ3v) is 3.13. The van der Waals surface area contributed by atoms with Gasteiger partial charge in [-0.15, -0.1) is 0 Å². The van der Waals surface area contributed by atoms with Crippen LogP contribution < -0.4 is 4.74 Å². The van der Waals surface area contributed by atoms with E-state index in [2.05, 4.69) is 6.92 Å². The van der Waals surface area contributed by atoms with Crippen molar-refractivity contribution < 1.29 is 9.84 Å². The smallest absolute Gasteiger partial charge is 0.127 e. The van der Waals surface area contributed by atoms with Gasteiger partial charge in [0.25, 0.3) is 0 Å². The number of unbranched alkanes of at least 4 members (excludes halogenated alkanes) is 1. The Kier molecular flexibility index (Phi) is 4.85. The van der Waals surface area contributed by atoms with E-state index in [0.717, 1.165) is 30.6 Å². The van der Waals surface area contributed by atoms with Crippen molar-refractivity contribution in [3.63, 3.8) is 0 Å². The van der Waals surface area contributed by atoms with Crippen molar-refractivity contribution in [3.05, 3.63) is 60.2 Å². The molecule has 1 N–H and O–H groups in total. The van der Waals surface area contributed by atoms with Crippen LogP contribution in [0.2, 0.25) is 0 Å². The van der Waals surface area contributed by atoms with Gasteiger partial charge < -0.3 is 9.84 Å². The molecule has 2 aromatic carbocycles. The maximum Gasteiger partial charge on any atom is 0.127 e. The molecule has 100 valence electrons. The van der Waals surface area contributed by atoms with Crippen LogP contribution in [0.15, 0.2) is 54.6 Å². The highest BCUT2D eigenvalue weighted by Gasteiger charge is 2.16. The van der Waals surface area contributed by atoms with Crippen LogP contribution >= 0.6 is 0 Å². The summed E-state index contributed by atoms with van der Waals surface area (Å²) in [5, 5.41) is 9.98. The fraction of sp³-hybridized carbons (Fsp3) is 0.294. The lowest BCUT2D eigenvalue weighted by Gasteiger charge is -2.20. The van der Waals surface area contributed by atoms with Crippen LogP contribution in [-0.2, 0) is 0 Å². The summed E-state index contributed by atoms with van der Waals surface area (Å²) in [4.78, 5) is 0. The van der Waals surface area contributed by atoms with Gasteiger partial charge in [-0.25, -0.2) is 0 Å². The SMILES string of the molecule is CCCCC(Oc1ccccc1)c1ccccc1O. The zero-order valence-electron chi connectivity index (χ0n) is 11.3. The van der Waals surface area contributed by atoms with Crippen molar-refractivity contribution in [3.8, 4) is 11.5 Å².